The molecule has 4 N–H and O–H groups in total. The average molecular weight is 288 g/mol. The molecule has 0 saturated carbocycles. The molecule has 1 aliphatic rings. The van der Waals surface area contributed by atoms with Gasteiger partial charge in [-0.15, -0.1) is 0 Å². The van der Waals surface area contributed by atoms with Gasteiger partial charge in [-0.25, -0.2) is 4.79 Å². The van der Waals surface area contributed by atoms with E-state index in [1.807, 2.05) is 13.8 Å². The second-order valence-corrected chi connectivity index (χ2v) is 6.91. The summed E-state index contributed by atoms with van der Waals surface area (Å²) in [5.74, 6) is 0.0637. The lowest BCUT2D eigenvalue weighted by Gasteiger charge is -2.20. The number of carbonyl (C=O) groups excluding carboxylic acids is 1. The summed E-state index contributed by atoms with van der Waals surface area (Å²) in [5.41, 5.74) is 5.76. The molecule has 110 valence electrons. The normalized spacial score (nSPS) is 22.2. The lowest BCUT2D eigenvalue weighted by atomic mass is 10.0. The highest BCUT2D eigenvalue weighted by atomic mass is 32.2. The Morgan fingerprint density at radius 2 is 2.16 bits per heavy atom. The molecule has 1 rings (SSSR count). The van der Waals surface area contributed by atoms with Crippen molar-refractivity contribution in [3.8, 4) is 0 Å². The molecule has 0 aromatic heterocycles. The SMILES string of the molecule is CC(C)C[C@H](N)C(=O)NC(C[C@H]1CCCS1)C(=O)O. The summed E-state index contributed by atoms with van der Waals surface area (Å²) < 4.78 is 0. The number of thioether (sulfide) groups is 1. The fourth-order valence-electron chi connectivity index (χ4n) is 2.21. The molecule has 1 heterocycles. The number of nitrogens with one attached hydrogen (secondary N) is 1. The molecular weight excluding hydrogens is 264 g/mol. The Bertz CT molecular complexity index is 317. The molecule has 0 radical (unpaired) electrons. The third-order valence-corrected chi connectivity index (χ3v) is 4.62. The van der Waals surface area contributed by atoms with Gasteiger partial charge in [0.25, 0.3) is 0 Å². The summed E-state index contributed by atoms with van der Waals surface area (Å²) in [6.45, 7) is 3.97. The van der Waals surface area contributed by atoms with Crippen LogP contribution >= 0.6 is 11.8 Å². The summed E-state index contributed by atoms with van der Waals surface area (Å²) in [6.07, 6.45) is 3.21. The van der Waals surface area contributed by atoms with Gasteiger partial charge in [0.1, 0.15) is 6.04 Å². The molecule has 5 nitrogen and oxygen atoms in total. The van der Waals surface area contributed by atoms with E-state index in [0.29, 0.717) is 24.0 Å². The minimum Gasteiger partial charge on any atom is -0.480 e. The largest absolute Gasteiger partial charge is 0.480 e. The van der Waals surface area contributed by atoms with Crippen molar-refractivity contribution in [3.63, 3.8) is 0 Å². The monoisotopic (exact) mass is 288 g/mol. The predicted octanol–water partition coefficient (Wildman–Crippen LogP) is 1.21. The smallest absolute Gasteiger partial charge is 0.326 e. The van der Waals surface area contributed by atoms with Crippen LogP contribution < -0.4 is 11.1 Å². The fourth-order valence-corrected chi connectivity index (χ4v) is 3.54. The first-order chi connectivity index (χ1) is 8.90. The molecule has 1 amide bonds. The van der Waals surface area contributed by atoms with Crippen molar-refractivity contribution >= 4 is 23.6 Å². The predicted molar refractivity (Wildman–Crippen MR) is 77.1 cm³/mol. The van der Waals surface area contributed by atoms with Gasteiger partial charge in [0, 0.05) is 5.25 Å². The first-order valence-corrected chi connectivity index (χ1v) is 7.85. The molecular formula is C13H24N2O3S. The number of carboxylic acid groups (broad SMARTS) is 1. The Morgan fingerprint density at radius 3 is 2.63 bits per heavy atom. The number of rotatable bonds is 7. The first-order valence-electron chi connectivity index (χ1n) is 6.80. The molecule has 3 atom stereocenters. The molecule has 1 aliphatic heterocycles. The van der Waals surface area contributed by atoms with Gasteiger partial charge in [0.2, 0.25) is 5.91 Å². The van der Waals surface area contributed by atoms with Gasteiger partial charge < -0.3 is 16.2 Å². The zero-order valence-electron chi connectivity index (χ0n) is 11.6. The molecule has 6 heteroatoms. The molecule has 0 bridgehead atoms. The van der Waals surface area contributed by atoms with Crippen molar-refractivity contribution in [2.75, 3.05) is 5.75 Å². The van der Waals surface area contributed by atoms with Crippen LogP contribution in [-0.4, -0.2) is 40.1 Å². The molecule has 1 unspecified atom stereocenters. The van der Waals surface area contributed by atoms with E-state index in [0.717, 1.165) is 18.6 Å². The number of hydrogen-bond acceptors (Lipinski definition) is 4. The Hall–Kier alpha value is -0.750. The second kappa shape index (κ2) is 7.75. The number of nitrogens with two attached hydrogens (primary N) is 1. The van der Waals surface area contributed by atoms with Crippen LogP contribution in [0.2, 0.25) is 0 Å². The van der Waals surface area contributed by atoms with Crippen molar-refractivity contribution in [1.82, 2.24) is 5.32 Å². The van der Waals surface area contributed by atoms with Crippen LogP contribution in [0.3, 0.4) is 0 Å². The van der Waals surface area contributed by atoms with Crippen LogP contribution in [0.15, 0.2) is 0 Å². The molecule has 0 aromatic rings. The molecule has 0 aliphatic carbocycles. The first kappa shape index (κ1) is 16.3. The highest BCUT2D eigenvalue weighted by molar-refractivity contribution is 8.00. The van der Waals surface area contributed by atoms with Crippen molar-refractivity contribution in [2.45, 2.75) is 56.9 Å². The number of carbonyl (C=O) groups is 2. The third-order valence-electron chi connectivity index (χ3n) is 3.20. The van der Waals surface area contributed by atoms with E-state index < -0.39 is 18.1 Å². The van der Waals surface area contributed by atoms with Crippen LogP contribution in [0.4, 0.5) is 0 Å². The van der Waals surface area contributed by atoms with Crippen LogP contribution in [0.1, 0.15) is 39.5 Å². The maximum absolute atomic E-state index is 11.9. The second-order valence-electron chi connectivity index (χ2n) is 5.51. The molecule has 0 aromatic carbocycles. The van der Waals surface area contributed by atoms with Crippen molar-refractivity contribution in [1.29, 1.82) is 0 Å². The van der Waals surface area contributed by atoms with Gasteiger partial charge >= 0.3 is 5.97 Å². The lowest BCUT2D eigenvalue weighted by molar-refractivity contribution is -0.142. The summed E-state index contributed by atoms with van der Waals surface area (Å²) >= 11 is 1.79. The Balaban J connectivity index is 2.47. The highest BCUT2D eigenvalue weighted by Gasteiger charge is 2.28. The number of carboxylic acids is 1. The molecule has 0 spiro atoms. The van der Waals surface area contributed by atoms with Crippen LogP contribution in [0.5, 0.6) is 0 Å². The number of hydrogen-bond donors (Lipinski definition) is 3. The van der Waals surface area contributed by atoms with Gasteiger partial charge in [-0.3, -0.25) is 4.79 Å². The van der Waals surface area contributed by atoms with E-state index in [1.165, 1.54) is 0 Å². The lowest BCUT2D eigenvalue weighted by Crippen LogP contribution is -2.49. The average Bonchev–Trinajstić information content (AvgIpc) is 2.79. The van der Waals surface area contributed by atoms with Crippen molar-refractivity contribution < 1.29 is 14.7 Å². The topological polar surface area (TPSA) is 92.4 Å². The van der Waals surface area contributed by atoms with Gasteiger partial charge in [0.15, 0.2) is 0 Å². The van der Waals surface area contributed by atoms with E-state index in [4.69, 9.17) is 5.73 Å². The van der Waals surface area contributed by atoms with E-state index in [2.05, 4.69) is 5.32 Å². The molecule has 19 heavy (non-hydrogen) atoms. The molecule has 1 saturated heterocycles. The minimum absolute atomic E-state index is 0.314. The van der Waals surface area contributed by atoms with Gasteiger partial charge in [-0.1, -0.05) is 13.8 Å². The fraction of sp³-hybridized carbons (Fsp3) is 0.846. The summed E-state index contributed by atoms with van der Waals surface area (Å²) in [6, 6.07) is -1.45. The zero-order chi connectivity index (χ0) is 14.4. The van der Waals surface area contributed by atoms with E-state index in [9.17, 15) is 14.7 Å². The van der Waals surface area contributed by atoms with Crippen LogP contribution in [0.25, 0.3) is 0 Å². The number of amides is 1. The maximum atomic E-state index is 11.9. The minimum atomic E-state index is -0.974. The van der Waals surface area contributed by atoms with Crippen molar-refractivity contribution in [3.05, 3.63) is 0 Å². The van der Waals surface area contributed by atoms with E-state index in [-0.39, 0.29) is 5.91 Å². The maximum Gasteiger partial charge on any atom is 0.326 e. The summed E-state index contributed by atoms with van der Waals surface area (Å²) in [7, 11) is 0. The van der Waals surface area contributed by atoms with Crippen molar-refractivity contribution in [2.24, 2.45) is 11.7 Å². The number of aliphatic carboxylic acids is 1. The van der Waals surface area contributed by atoms with E-state index >= 15 is 0 Å². The van der Waals surface area contributed by atoms with Gasteiger partial charge in [0.05, 0.1) is 6.04 Å². The van der Waals surface area contributed by atoms with Crippen LogP contribution in [0, 0.1) is 5.92 Å². The summed E-state index contributed by atoms with van der Waals surface area (Å²) in [5, 5.41) is 12.1. The summed E-state index contributed by atoms with van der Waals surface area (Å²) in [4.78, 5) is 23.1. The Kier molecular flexibility index (Phi) is 6.65. The Morgan fingerprint density at radius 1 is 1.47 bits per heavy atom. The van der Waals surface area contributed by atoms with Crippen LogP contribution in [-0.2, 0) is 9.59 Å². The quantitative estimate of drug-likeness (QED) is 0.655. The third kappa shape index (κ3) is 5.82. The zero-order valence-corrected chi connectivity index (χ0v) is 12.4. The molecule has 1 fully saturated rings. The van der Waals surface area contributed by atoms with Gasteiger partial charge in [-0.2, -0.15) is 11.8 Å². The highest BCUT2D eigenvalue weighted by Crippen LogP contribution is 2.29. The Labute approximate surface area is 118 Å². The standard InChI is InChI=1S/C13H24N2O3S/c1-8(2)6-10(14)12(16)15-11(13(17)18)7-9-4-3-5-19-9/h8-11H,3-7,14H2,1-2H3,(H,15,16)(H,17,18)/t9-,10+,11?/m1/s1. The van der Waals surface area contributed by atoms with Gasteiger partial charge in [-0.05, 0) is 37.4 Å². The van der Waals surface area contributed by atoms with E-state index in [1.54, 1.807) is 11.8 Å².